The SMILES string of the molecule is CCCCCCCOC(=O)C1CCC=C(C)CC1C(=O)OCCCCCCC. The summed E-state index contributed by atoms with van der Waals surface area (Å²) >= 11 is 0. The zero-order chi connectivity index (χ0) is 20.6. The Labute approximate surface area is 172 Å². The van der Waals surface area contributed by atoms with Gasteiger partial charge in [-0.1, -0.05) is 76.9 Å². The van der Waals surface area contributed by atoms with Gasteiger partial charge in [0.25, 0.3) is 0 Å². The van der Waals surface area contributed by atoms with Gasteiger partial charge >= 0.3 is 11.9 Å². The first-order valence-electron chi connectivity index (χ1n) is 11.6. The summed E-state index contributed by atoms with van der Waals surface area (Å²) in [6, 6.07) is 0. The molecular weight excluding hydrogens is 352 g/mol. The second kappa shape index (κ2) is 15.6. The summed E-state index contributed by atoms with van der Waals surface area (Å²) in [5, 5.41) is 0. The van der Waals surface area contributed by atoms with Crippen LogP contribution in [0.3, 0.4) is 0 Å². The minimum absolute atomic E-state index is 0.219. The van der Waals surface area contributed by atoms with Crippen LogP contribution in [0.15, 0.2) is 11.6 Å². The molecule has 162 valence electrons. The third kappa shape index (κ3) is 10.3. The van der Waals surface area contributed by atoms with Crippen LogP contribution in [-0.2, 0) is 19.1 Å². The van der Waals surface area contributed by atoms with E-state index in [2.05, 4.69) is 19.9 Å². The smallest absolute Gasteiger partial charge is 0.310 e. The van der Waals surface area contributed by atoms with Crippen LogP contribution in [0.5, 0.6) is 0 Å². The van der Waals surface area contributed by atoms with Gasteiger partial charge in [-0.3, -0.25) is 9.59 Å². The average Bonchev–Trinajstić information content (AvgIpc) is 2.88. The van der Waals surface area contributed by atoms with Gasteiger partial charge in [-0.05, 0) is 39.0 Å². The van der Waals surface area contributed by atoms with Crippen LogP contribution in [0.1, 0.15) is 104 Å². The van der Waals surface area contributed by atoms with Crippen molar-refractivity contribution in [2.45, 2.75) is 104 Å². The van der Waals surface area contributed by atoms with Gasteiger partial charge in [0.15, 0.2) is 0 Å². The molecule has 28 heavy (non-hydrogen) atoms. The molecule has 0 heterocycles. The first-order chi connectivity index (χ1) is 13.6. The molecule has 0 fully saturated rings. The molecule has 0 aromatic rings. The zero-order valence-electron chi connectivity index (χ0n) is 18.5. The van der Waals surface area contributed by atoms with Crippen molar-refractivity contribution in [2.24, 2.45) is 11.8 Å². The fourth-order valence-corrected chi connectivity index (χ4v) is 3.78. The lowest BCUT2D eigenvalue weighted by Gasteiger charge is -2.23. The predicted molar refractivity (Wildman–Crippen MR) is 114 cm³/mol. The molecule has 4 nitrogen and oxygen atoms in total. The summed E-state index contributed by atoms with van der Waals surface area (Å²) in [5.74, 6) is -1.22. The summed E-state index contributed by atoms with van der Waals surface area (Å²) < 4.78 is 11.1. The molecule has 1 aliphatic carbocycles. The van der Waals surface area contributed by atoms with Crippen molar-refractivity contribution in [1.29, 1.82) is 0 Å². The molecule has 0 aromatic carbocycles. The molecule has 0 radical (unpaired) electrons. The standard InChI is InChI=1S/C24H42O4/c1-4-6-8-10-12-17-27-23(25)21-16-14-15-20(3)19-22(21)24(26)28-18-13-11-9-7-5-2/h15,21-22H,4-14,16-19H2,1-3H3. The Kier molecular flexibility index (Phi) is 13.8. The van der Waals surface area contributed by atoms with Gasteiger partial charge in [0.2, 0.25) is 0 Å². The number of rotatable bonds is 14. The number of carbonyl (C=O) groups is 2. The van der Waals surface area contributed by atoms with Crippen molar-refractivity contribution in [1.82, 2.24) is 0 Å². The topological polar surface area (TPSA) is 52.6 Å². The van der Waals surface area contributed by atoms with Crippen molar-refractivity contribution in [3.8, 4) is 0 Å². The van der Waals surface area contributed by atoms with E-state index in [9.17, 15) is 9.59 Å². The van der Waals surface area contributed by atoms with Crippen LogP contribution in [0.4, 0.5) is 0 Å². The molecule has 1 rings (SSSR count). The van der Waals surface area contributed by atoms with Gasteiger partial charge in [-0.2, -0.15) is 0 Å². The molecular formula is C24H42O4. The Hall–Kier alpha value is -1.32. The quantitative estimate of drug-likeness (QED) is 0.195. The van der Waals surface area contributed by atoms with Crippen LogP contribution in [0, 0.1) is 11.8 Å². The van der Waals surface area contributed by atoms with Crippen LogP contribution in [0.25, 0.3) is 0 Å². The van der Waals surface area contributed by atoms with E-state index in [1.165, 1.54) is 44.1 Å². The predicted octanol–water partition coefficient (Wildman–Crippen LogP) is 6.38. The van der Waals surface area contributed by atoms with Crippen LogP contribution < -0.4 is 0 Å². The molecule has 0 saturated carbocycles. The molecule has 0 spiro atoms. The second-order valence-electron chi connectivity index (χ2n) is 8.21. The monoisotopic (exact) mass is 394 g/mol. The average molecular weight is 395 g/mol. The van der Waals surface area contributed by atoms with E-state index < -0.39 is 5.92 Å². The van der Waals surface area contributed by atoms with E-state index in [1.54, 1.807) is 0 Å². The van der Waals surface area contributed by atoms with Crippen molar-refractivity contribution >= 4 is 11.9 Å². The highest BCUT2D eigenvalue weighted by Gasteiger charge is 2.36. The minimum atomic E-state index is -0.401. The fourth-order valence-electron chi connectivity index (χ4n) is 3.78. The third-order valence-electron chi connectivity index (χ3n) is 5.59. The molecule has 4 heteroatoms. The molecule has 2 atom stereocenters. The van der Waals surface area contributed by atoms with Crippen molar-refractivity contribution in [3.05, 3.63) is 11.6 Å². The normalized spacial score (nSPS) is 19.6. The summed E-state index contributed by atoms with van der Waals surface area (Å²) in [6.45, 7) is 7.33. The summed E-state index contributed by atoms with van der Waals surface area (Å²) in [4.78, 5) is 25.3. The maximum absolute atomic E-state index is 12.7. The molecule has 0 N–H and O–H groups in total. The second-order valence-corrected chi connectivity index (χ2v) is 8.21. The van der Waals surface area contributed by atoms with Gasteiger partial charge in [0.1, 0.15) is 0 Å². The Morgan fingerprint density at radius 3 is 1.86 bits per heavy atom. The molecule has 1 aliphatic rings. The number of esters is 2. The van der Waals surface area contributed by atoms with Crippen LogP contribution >= 0.6 is 0 Å². The summed E-state index contributed by atoms with van der Waals surface area (Å²) in [5.41, 5.74) is 1.17. The summed E-state index contributed by atoms with van der Waals surface area (Å²) in [6.07, 6.45) is 15.5. The minimum Gasteiger partial charge on any atom is -0.465 e. The Morgan fingerprint density at radius 1 is 0.821 bits per heavy atom. The van der Waals surface area contributed by atoms with E-state index >= 15 is 0 Å². The Bertz CT molecular complexity index is 469. The first-order valence-corrected chi connectivity index (χ1v) is 11.6. The lowest BCUT2D eigenvalue weighted by molar-refractivity contribution is -0.161. The van der Waals surface area contributed by atoms with Crippen molar-refractivity contribution in [3.63, 3.8) is 0 Å². The number of ether oxygens (including phenoxy) is 2. The van der Waals surface area contributed by atoms with Crippen LogP contribution in [0.2, 0.25) is 0 Å². The van der Waals surface area contributed by atoms with Gasteiger partial charge in [-0.15, -0.1) is 0 Å². The fraction of sp³-hybridized carbons (Fsp3) is 0.833. The Balaban J connectivity index is 2.46. The molecule has 2 unspecified atom stereocenters. The van der Waals surface area contributed by atoms with Crippen molar-refractivity contribution < 1.29 is 19.1 Å². The van der Waals surface area contributed by atoms with Gasteiger partial charge in [-0.25, -0.2) is 0 Å². The van der Waals surface area contributed by atoms with Crippen LogP contribution in [-0.4, -0.2) is 25.2 Å². The number of unbranched alkanes of at least 4 members (excludes halogenated alkanes) is 8. The van der Waals surface area contributed by atoms with Gasteiger partial charge in [0, 0.05) is 0 Å². The molecule has 0 bridgehead atoms. The highest BCUT2D eigenvalue weighted by atomic mass is 16.5. The zero-order valence-corrected chi connectivity index (χ0v) is 18.5. The van der Waals surface area contributed by atoms with Crippen molar-refractivity contribution in [2.75, 3.05) is 13.2 Å². The van der Waals surface area contributed by atoms with E-state index in [0.717, 1.165) is 32.1 Å². The molecule has 0 aromatic heterocycles. The largest absolute Gasteiger partial charge is 0.465 e. The molecule has 0 aliphatic heterocycles. The Morgan fingerprint density at radius 2 is 1.32 bits per heavy atom. The lowest BCUT2D eigenvalue weighted by atomic mass is 9.86. The lowest BCUT2D eigenvalue weighted by Crippen LogP contribution is -2.32. The first kappa shape index (κ1) is 24.7. The highest BCUT2D eigenvalue weighted by molar-refractivity contribution is 5.82. The van der Waals surface area contributed by atoms with E-state index in [-0.39, 0.29) is 17.9 Å². The number of carbonyl (C=O) groups excluding carboxylic acids is 2. The number of hydrogen-bond acceptors (Lipinski definition) is 4. The maximum atomic E-state index is 12.7. The third-order valence-corrected chi connectivity index (χ3v) is 5.59. The number of hydrogen-bond donors (Lipinski definition) is 0. The van der Waals surface area contributed by atoms with Gasteiger partial charge < -0.3 is 9.47 Å². The van der Waals surface area contributed by atoms with E-state index in [4.69, 9.17) is 9.47 Å². The number of allylic oxidation sites excluding steroid dienone is 2. The highest BCUT2D eigenvalue weighted by Crippen LogP contribution is 2.31. The summed E-state index contributed by atoms with van der Waals surface area (Å²) in [7, 11) is 0. The van der Waals surface area contributed by atoms with Gasteiger partial charge in [0.05, 0.1) is 25.0 Å². The maximum Gasteiger partial charge on any atom is 0.310 e. The van der Waals surface area contributed by atoms with E-state index in [0.29, 0.717) is 26.1 Å². The van der Waals surface area contributed by atoms with E-state index in [1.807, 2.05) is 6.92 Å². The molecule has 0 amide bonds. The molecule has 0 saturated heterocycles.